The van der Waals surface area contributed by atoms with E-state index in [0.717, 1.165) is 5.56 Å². The fourth-order valence-electron chi connectivity index (χ4n) is 4.32. The number of amides is 2. The highest BCUT2D eigenvalue weighted by Gasteiger charge is 2.48. The van der Waals surface area contributed by atoms with E-state index in [1.54, 1.807) is 17.0 Å². The van der Waals surface area contributed by atoms with Crippen molar-refractivity contribution in [1.82, 2.24) is 10.2 Å². The first-order valence-electron chi connectivity index (χ1n) is 8.87. The maximum absolute atomic E-state index is 12.9. The summed E-state index contributed by atoms with van der Waals surface area (Å²) >= 11 is 0. The lowest BCUT2D eigenvalue weighted by atomic mass is 9.77. The van der Waals surface area contributed by atoms with Gasteiger partial charge in [-0.1, -0.05) is 6.07 Å². The summed E-state index contributed by atoms with van der Waals surface area (Å²) in [6.45, 7) is 8.27. The molecule has 1 fully saturated rings. The molecule has 0 aromatic heterocycles. The van der Waals surface area contributed by atoms with Crippen molar-refractivity contribution in [3.63, 3.8) is 0 Å². The first-order chi connectivity index (χ1) is 12.1. The van der Waals surface area contributed by atoms with Crippen LogP contribution in [0.15, 0.2) is 18.2 Å². The molecule has 0 radical (unpaired) electrons. The van der Waals surface area contributed by atoms with Gasteiger partial charge < -0.3 is 25.4 Å². The number of nitrogens with two attached hydrogens (primary N) is 1. The lowest BCUT2D eigenvalue weighted by Crippen LogP contribution is -2.67. The predicted molar refractivity (Wildman–Crippen MR) is 96.6 cm³/mol. The van der Waals surface area contributed by atoms with Gasteiger partial charge in [-0.15, -0.1) is 0 Å². The molecule has 2 aliphatic rings. The molecule has 0 unspecified atom stereocenters. The van der Waals surface area contributed by atoms with Gasteiger partial charge in [0.1, 0.15) is 0 Å². The lowest BCUT2D eigenvalue weighted by Gasteiger charge is -2.54. The molecule has 1 saturated heterocycles. The fraction of sp³-hybridized carbons (Fsp3) is 0.579. The van der Waals surface area contributed by atoms with Crippen LogP contribution in [0.5, 0.6) is 11.5 Å². The molecule has 2 heterocycles. The number of piperidine rings is 1. The largest absolute Gasteiger partial charge is 0.454 e. The Bertz CT molecular complexity index is 711. The Morgan fingerprint density at radius 3 is 2.42 bits per heavy atom. The average molecular weight is 361 g/mol. The van der Waals surface area contributed by atoms with Crippen LogP contribution in [0.4, 0.5) is 0 Å². The number of carbonyl (C=O) groups is 2. The zero-order valence-electron chi connectivity index (χ0n) is 15.8. The van der Waals surface area contributed by atoms with E-state index in [1.165, 1.54) is 0 Å². The van der Waals surface area contributed by atoms with Crippen LogP contribution in [-0.2, 0) is 16.1 Å². The minimum absolute atomic E-state index is 0.0146. The van der Waals surface area contributed by atoms with E-state index in [2.05, 4.69) is 5.32 Å². The molecule has 2 aliphatic heterocycles. The second kappa shape index (κ2) is 6.46. The standard InChI is InChI=1S/C19H27N3O4/c1-18(2)8-13(20)9-19(3,4)22(18)17(24)16(23)21-10-12-5-6-14-15(7-12)26-11-25-14/h5-7,13H,8-11,20H2,1-4H3,(H,21,23). The number of ether oxygens (including phenoxy) is 2. The van der Waals surface area contributed by atoms with Gasteiger partial charge in [0, 0.05) is 23.7 Å². The molecule has 7 nitrogen and oxygen atoms in total. The Balaban J connectivity index is 1.68. The van der Waals surface area contributed by atoms with Crippen LogP contribution in [0, 0.1) is 0 Å². The van der Waals surface area contributed by atoms with Gasteiger partial charge in [-0.05, 0) is 58.2 Å². The first kappa shape index (κ1) is 18.5. The Hall–Kier alpha value is -2.28. The molecule has 0 saturated carbocycles. The smallest absolute Gasteiger partial charge is 0.312 e. The van der Waals surface area contributed by atoms with Crippen LogP contribution in [0.1, 0.15) is 46.1 Å². The van der Waals surface area contributed by atoms with Crippen LogP contribution in [-0.4, -0.2) is 40.6 Å². The van der Waals surface area contributed by atoms with E-state index in [9.17, 15) is 9.59 Å². The maximum Gasteiger partial charge on any atom is 0.312 e. The van der Waals surface area contributed by atoms with Gasteiger partial charge in [-0.2, -0.15) is 0 Å². The molecule has 3 N–H and O–H groups in total. The third kappa shape index (κ3) is 3.49. The fourth-order valence-corrected chi connectivity index (χ4v) is 4.32. The monoisotopic (exact) mass is 361 g/mol. The first-order valence-corrected chi connectivity index (χ1v) is 8.87. The summed E-state index contributed by atoms with van der Waals surface area (Å²) < 4.78 is 10.6. The number of nitrogens with zero attached hydrogens (tertiary/aromatic N) is 1. The topological polar surface area (TPSA) is 93.9 Å². The highest BCUT2D eigenvalue weighted by molar-refractivity contribution is 6.35. The second-order valence-electron chi connectivity index (χ2n) is 8.30. The maximum atomic E-state index is 12.9. The molecular weight excluding hydrogens is 334 g/mol. The Kier molecular flexibility index (Phi) is 4.60. The van der Waals surface area contributed by atoms with Crippen molar-refractivity contribution in [2.45, 2.75) is 64.2 Å². The summed E-state index contributed by atoms with van der Waals surface area (Å²) in [5.41, 5.74) is 6.03. The summed E-state index contributed by atoms with van der Waals surface area (Å²) in [6.07, 6.45) is 1.33. The number of rotatable bonds is 2. The zero-order valence-corrected chi connectivity index (χ0v) is 15.8. The Labute approximate surface area is 153 Å². The van der Waals surface area contributed by atoms with E-state index in [1.807, 2.05) is 33.8 Å². The number of hydrogen-bond donors (Lipinski definition) is 2. The molecule has 1 aromatic rings. The quantitative estimate of drug-likeness (QED) is 0.780. The molecule has 142 valence electrons. The van der Waals surface area contributed by atoms with Crippen molar-refractivity contribution in [2.24, 2.45) is 5.73 Å². The third-order valence-electron chi connectivity index (χ3n) is 5.02. The van der Waals surface area contributed by atoms with Crippen molar-refractivity contribution >= 4 is 11.8 Å². The molecule has 0 atom stereocenters. The van der Waals surface area contributed by atoms with Gasteiger partial charge in [0.15, 0.2) is 11.5 Å². The summed E-state index contributed by atoms with van der Waals surface area (Å²) in [7, 11) is 0. The van der Waals surface area contributed by atoms with Crippen molar-refractivity contribution < 1.29 is 19.1 Å². The number of carbonyl (C=O) groups excluding carboxylic acids is 2. The van der Waals surface area contributed by atoms with Crippen molar-refractivity contribution in [3.8, 4) is 11.5 Å². The van der Waals surface area contributed by atoms with E-state index >= 15 is 0 Å². The van der Waals surface area contributed by atoms with E-state index in [-0.39, 0.29) is 19.4 Å². The molecule has 2 amide bonds. The Morgan fingerprint density at radius 2 is 1.77 bits per heavy atom. The second-order valence-corrected chi connectivity index (χ2v) is 8.30. The van der Waals surface area contributed by atoms with Gasteiger partial charge in [-0.3, -0.25) is 9.59 Å². The number of hydrogen-bond acceptors (Lipinski definition) is 5. The van der Waals surface area contributed by atoms with Crippen LogP contribution < -0.4 is 20.5 Å². The SMILES string of the molecule is CC1(C)CC(N)CC(C)(C)N1C(=O)C(=O)NCc1ccc2c(c1)OCO2. The molecule has 0 aliphatic carbocycles. The molecule has 1 aromatic carbocycles. The molecule has 7 heteroatoms. The lowest BCUT2D eigenvalue weighted by molar-refractivity contribution is -0.159. The minimum atomic E-state index is -0.612. The number of nitrogens with one attached hydrogen (secondary N) is 1. The van der Waals surface area contributed by atoms with E-state index in [4.69, 9.17) is 15.2 Å². The molecular formula is C19H27N3O4. The van der Waals surface area contributed by atoms with Crippen molar-refractivity contribution in [3.05, 3.63) is 23.8 Å². The van der Waals surface area contributed by atoms with Crippen LogP contribution in [0.3, 0.4) is 0 Å². The van der Waals surface area contributed by atoms with Gasteiger partial charge in [-0.25, -0.2) is 0 Å². The van der Waals surface area contributed by atoms with Gasteiger partial charge >= 0.3 is 11.8 Å². The normalized spacial score (nSPS) is 20.7. The summed E-state index contributed by atoms with van der Waals surface area (Å²) in [4.78, 5) is 27.1. The van der Waals surface area contributed by atoms with Gasteiger partial charge in [0.25, 0.3) is 0 Å². The number of benzene rings is 1. The Morgan fingerprint density at radius 1 is 1.15 bits per heavy atom. The molecule has 0 bridgehead atoms. The van der Waals surface area contributed by atoms with Gasteiger partial charge in [0.2, 0.25) is 6.79 Å². The highest BCUT2D eigenvalue weighted by Crippen LogP contribution is 2.38. The molecule has 3 rings (SSSR count). The van der Waals surface area contributed by atoms with E-state index in [0.29, 0.717) is 24.3 Å². The molecule has 0 spiro atoms. The summed E-state index contributed by atoms with van der Waals surface area (Å²) in [5.74, 6) is 0.201. The van der Waals surface area contributed by atoms with Crippen LogP contribution in [0.2, 0.25) is 0 Å². The van der Waals surface area contributed by atoms with Crippen LogP contribution in [0.25, 0.3) is 0 Å². The predicted octanol–water partition coefficient (Wildman–Crippen LogP) is 1.54. The summed E-state index contributed by atoms with van der Waals surface area (Å²) in [6, 6.07) is 5.46. The van der Waals surface area contributed by atoms with Crippen LogP contribution >= 0.6 is 0 Å². The highest BCUT2D eigenvalue weighted by atomic mass is 16.7. The van der Waals surface area contributed by atoms with Crippen molar-refractivity contribution in [2.75, 3.05) is 6.79 Å². The average Bonchev–Trinajstić information content (AvgIpc) is 2.97. The number of likely N-dealkylation sites (tertiary alicyclic amines) is 1. The van der Waals surface area contributed by atoms with E-state index < -0.39 is 22.9 Å². The van der Waals surface area contributed by atoms with Gasteiger partial charge in [0.05, 0.1) is 0 Å². The van der Waals surface area contributed by atoms with Crippen molar-refractivity contribution in [1.29, 1.82) is 0 Å². The molecule has 26 heavy (non-hydrogen) atoms. The minimum Gasteiger partial charge on any atom is -0.454 e. The number of fused-ring (bicyclic) bond motifs is 1. The summed E-state index contributed by atoms with van der Waals surface area (Å²) in [5, 5.41) is 2.72. The third-order valence-corrected chi connectivity index (χ3v) is 5.02. The zero-order chi connectivity index (χ0) is 19.1.